The quantitative estimate of drug-likeness (QED) is 0.548. The average Bonchev–Trinajstić information content (AvgIpc) is 2.44. The molecule has 2 heteroatoms. The van der Waals surface area contributed by atoms with Gasteiger partial charge in [-0.3, -0.25) is 0 Å². The predicted octanol–water partition coefficient (Wildman–Crippen LogP) is 4.64. The van der Waals surface area contributed by atoms with Crippen LogP contribution in [-0.4, -0.2) is 12.3 Å². The Bertz CT molecular complexity index is 400. The molecular formula is C17H25NS. The molecular weight excluding hydrogens is 250 g/mol. The van der Waals surface area contributed by atoms with Crippen LogP contribution in [0.5, 0.6) is 0 Å². The van der Waals surface area contributed by atoms with Crippen LogP contribution < -0.4 is 5.32 Å². The minimum atomic E-state index is 0.432. The molecule has 1 aromatic rings. The van der Waals surface area contributed by atoms with Gasteiger partial charge in [0.1, 0.15) is 0 Å². The van der Waals surface area contributed by atoms with Crippen molar-refractivity contribution in [1.82, 2.24) is 5.32 Å². The van der Waals surface area contributed by atoms with Gasteiger partial charge in [0.2, 0.25) is 0 Å². The fourth-order valence-corrected chi connectivity index (χ4v) is 2.67. The first-order valence-corrected chi connectivity index (χ1v) is 8.16. The standard InChI is InChI=1S/C17H25NS/c1-4-7-8-9-17(18-14-5-2)15-10-12-16(13-11-15)19-6-3/h10-13,17-18H,5-6,8-9,14H2,1-3H3. The molecule has 1 unspecified atom stereocenters. The lowest BCUT2D eigenvalue weighted by Crippen LogP contribution is -2.22. The first kappa shape index (κ1) is 16.1. The van der Waals surface area contributed by atoms with Crippen LogP contribution in [0.1, 0.15) is 51.6 Å². The Labute approximate surface area is 122 Å². The minimum absolute atomic E-state index is 0.432. The Balaban J connectivity index is 2.67. The lowest BCUT2D eigenvalue weighted by Gasteiger charge is -2.18. The highest BCUT2D eigenvalue weighted by molar-refractivity contribution is 7.99. The van der Waals surface area contributed by atoms with Crippen molar-refractivity contribution in [2.45, 2.75) is 51.0 Å². The number of benzene rings is 1. The van der Waals surface area contributed by atoms with Crippen molar-refractivity contribution in [3.8, 4) is 11.8 Å². The van der Waals surface area contributed by atoms with E-state index in [9.17, 15) is 0 Å². The van der Waals surface area contributed by atoms with Crippen molar-refractivity contribution in [3.05, 3.63) is 29.8 Å². The van der Waals surface area contributed by atoms with E-state index in [1.807, 2.05) is 18.7 Å². The summed E-state index contributed by atoms with van der Waals surface area (Å²) in [4.78, 5) is 1.36. The van der Waals surface area contributed by atoms with Gasteiger partial charge in [-0.05, 0) is 49.8 Å². The maximum absolute atomic E-state index is 3.62. The van der Waals surface area contributed by atoms with Gasteiger partial charge in [-0.1, -0.05) is 26.0 Å². The lowest BCUT2D eigenvalue weighted by atomic mass is 10.0. The molecule has 0 heterocycles. The van der Waals surface area contributed by atoms with Gasteiger partial charge in [0, 0.05) is 17.4 Å². The van der Waals surface area contributed by atoms with Gasteiger partial charge >= 0.3 is 0 Å². The summed E-state index contributed by atoms with van der Waals surface area (Å²) < 4.78 is 0. The highest BCUT2D eigenvalue weighted by Crippen LogP contribution is 2.23. The monoisotopic (exact) mass is 275 g/mol. The second-order valence-corrected chi connectivity index (χ2v) is 5.81. The Morgan fingerprint density at radius 2 is 1.95 bits per heavy atom. The summed E-state index contributed by atoms with van der Waals surface area (Å²) in [6.45, 7) is 7.37. The van der Waals surface area contributed by atoms with Crippen molar-refractivity contribution in [3.63, 3.8) is 0 Å². The van der Waals surface area contributed by atoms with Crippen molar-refractivity contribution in [2.24, 2.45) is 0 Å². The normalized spacial score (nSPS) is 11.7. The van der Waals surface area contributed by atoms with Gasteiger partial charge in [0.05, 0.1) is 0 Å². The van der Waals surface area contributed by atoms with Crippen molar-refractivity contribution in [2.75, 3.05) is 12.3 Å². The number of rotatable bonds is 8. The van der Waals surface area contributed by atoms with Crippen LogP contribution in [-0.2, 0) is 0 Å². The summed E-state index contributed by atoms with van der Waals surface area (Å²) >= 11 is 1.89. The highest BCUT2D eigenvalue weighted by Gasteiger charge is 2.09. The summed E-state index contributed by atoms with van der Waals surface area (Å²) in [5.41, 5.74) is 1.38. The molecule has 0 fully saturated rings. The van der Waals surface area contributed by atoms with Gasteiger partial charge < -0.3 is 5.32 Å². The molecule has 0 aliphatic heterocycles. The predicted molar refractivity (Wildman–Crippen MR) is 86.6 cm³/mol. The van der Waals surface area contributed by atoms with Crippen molar-refractivity contribution >= 4 is 11.8 Å². The number of hydrogen-bond acceptors (Lipinski definition) is 2. The summed E-state index contributed by atoms with van der Waals surface area (Å²) in [6, 6.07) is 9.40. The molecule has 0 saturated carbocycles. The highest BCUT2D eigenvalue weighted by atomic mass is 32.2. The van der Waals surface area contributed by atoms with Gasteiger partial charge in [0.15, 0.2) is 0 Å². The molecule has 1 N–H and O–H groups in total. The van der Waals surface area contributed by atoms with E-state index in [0.717, 1.165) is 25.1 Å². The molecule has 1 nitrogen and oxygen atoms in total. The van der Waals surface area contributed by atoms with E-state index in [0.29, 0.717) is 6.04 Å². The molecule has 0 aromatic heterocycles. The van der Waals surface area contributed by atoms with Crippen LogP contribution in [0.4, 0.5) is 0 Å². The van der Waals surface area contributed by atoms with Crippen LogP contribution >= 0.6 is 11.8 Å². The number of nitrogens with one attached hydrogen (secondary N) is 1. The molecule has 0 aliphatic carbocycles. The zero-order valence-electron chi connectivity index (χ0n) is 12.3. The SMILES string of the molecule is CC#CCCC(NCCC)c1ccc(SCC)cc1. The van der Waals surface area contributed by atoms with Crippen molar-refractivity contribution in [1.29, 1.82) is 0 Å². The Kier molecular flexibility index (Phi) is 8.45. The van der Waals surface area contributed by atoms with E-state index in [1.54, 1.807) is 0 Å². The summed E-state index contributed by atoms with van der Waals surface area (Å²) in [5, 5.41) is 3.62. The first-order chi connectivity index (χ1) is 9.31. The van der Waals surface area contributed by atoms with E-state index < -0.39 is 0 Å². The Morgan fingerprint density at radius 3 is 2.53 bits per heavy atom. The maximum atomic E-state index is 3.62. The molecule has 1 rings (SSSR count). The fraction of sp³-hybridized carbons (Fsp3) is 0.529. The van der Waals surface area contributed by atoms with Crippen LogP contribution in [0.3, 0.4) is 0 Å². The Morgan fingerprint density at radius 1 is 1.21 bits per heavy atom. The molecule has 0 radical (unpaired) electrons. The molecule has 0 saturated heterocycles. The minimum Gasteiger partial charge on any atom is -0.310 e. The maximum Gasteiger partial charge on any atom is 0.0329 e. The third-order valence-corrected chi connectivity index (χ3v) is 3.86. The molecule has 0 bridgehead atoms. The average molecular weight is 275 g/mol. The Hall–Kier alpha value is -0.910. The number of hydrogen-bond donors (Lipinski definition) is 1. The van der Waals surface area contributed by atoms with E-state index >= 15 is 0 Å². The molecule has 1 atom stereocenters. The third-order valence-electron chi connectivity index (χ3n) is 2.97. The number of thioether (sulfide) groups is 1. The lowest BCUT2D eigenvalue weighted by molar-refractivity contribution is 0.505. The first-order valence-electron chi connectivity index (χ1n) is 7.17. The van der Waals surface area contributed by atoms with Crippen LogP contribution in [0, 0.1) is 11.8 Å². The summed E-state index contributed by atoms with van der Waals surface area (Å²) in [6.07, 6.45) is 3.21. The van der Waals surface area contributed by atoms with Crippen LogP contribution in [0.15, 0.2) is 29.2 Å². The molecule has 1 aromatic carbocycles. The molecule has 104 valence electrons. The smallest absolute Gasteiger partial charge is 0.0329 e. The second-order valence-electron chi connectivity index (χ2n) is 4.47. The van der Waals surface area contributed by atoms with Gasteiger partial charge in [-0.2, -0.15) is 0 Å². The topological polar surface area (TPSA) is 12.0 Å². The van der Waals surface area contributed by atoms with Gasteiger partial charge in [-0.25, -0.2) is 0 Å². The molecule has 0 amide bonds. The summed E-state index contributed by atoms with van der Waals surface area (Å²) in [5.74, 6) is 7.27. The third kappa shape index (κ3) is 6.18. The van der Waals surface area contributed by atoms with E-state index in [1.165, 1.54) is 16.9 Å². The second kappa shape index (κ2) is 9.95. The van der Waals surface area contributed by atoms with E-state index in [2.05, 4.69) is 55.3 Å². The van der Waals surface area contributed by atoms with Crippen molar-refractivity contribution < 1.29 is 0 Å². The van der Waals surface area contributed by atoms with E-state index in [-0.39, 0.29) is 0 Å². The van der Waals surface area contributed by atoms with E-state index in [4.69, 9.17) is 0 Å². The fourth-order valence-electron chi connectivity index (χ4n) is 2.01. The molecule has 19 heavy (non-hydrogen) atoms. The largest absolute Gasteiger partial charge is 0.310 e. The van der Waals surface area contributed by atoms with Gasteiger partial charge in [-0.15, -0.1) is 23.6 Å². The van der Waals surface area contributed by atoms with Crippen LogP contribution in [0.25, 0.3) is 0 Å². The summed E-state index contributed by atoms with van der Waals surface area (Å²) in [7, 11) is 0. The zero-order valence-corrected chi connectivity index (χ0v) is 13.1. The molecule has 0 spiro atoms. The van der Waals surface area contributed by atoms with Gasteiger partial charge in [0.25, 0.3) is 0 Å². The zero-order chi connectivity index (χ0) is 13.9. The molecule has 0 aliphatic rings. The van der Waals surface area contributed by atoms with Crippen LogP contribution in [0.2, 0.25) is 0 Å².